The van der Waals surface area contributed by atoms with Crippen LogP contribution in [-0.2, 0) is 10.0 Å². The Morgan fingerprint density at radius 3 is 2.50 bits per heavy atom. The van der Waals surface area contributed by atoms with E-state index in [1.54, 1.807) is 36.4 Å². The first kappa shape index (κ1) is 14.4. The number of nitrogens with zero attached hydrogens (tertiary/aromatic N) is 2. The summed E-state index contributed by atoms with van der Waals surface area (Å²) < 4.78 is 26.2. The Hall–Kier alpha value is -2.03. The molecule has 0 bridgehead atoms. The Morgan fingerprint density at radius 2 is 1.85 bits per heavy atom. The zero-order valence-corrected chi connectivity index (χ0v) is 12.2. The van der Waals surface area contributed by atoms with Crippen LogP contribution in [0.1, 0.15) is 5.56 Å². The second-order valence-electron chi connectivity index (χ2n) is 4.06. The molecule has 0 aliphatic heterocycles. The smallest absolute Gasteiger partial charge is 0.265 e. The normalized spacial score (nSPS) is 10.8. The first-order chi connectivity index (χ1) is 9.46. The summed E-state index contributed by atoms with van der Waals surface area (Å²) in [6, 6.07) is 14.5. The number of hydrogen-bond donors (Lipinski definition) is 0. The van der Waals surface area contributed by atoms with Gasteiger partial charge in [-0.15, -0.1) is 0 Å². The molecular formula is C14H11ClN2O2S. The van der Waals surface area contributed by atoms with Crippen molar-refractivity contribution >= 4 is 27.3 Å². The number of sulfonamides is 1. The molecule has 0 saturated carbocycles. The molecule has 0 unspecified atom stereocenters. The second-order valence-corrected chi connectivity index (χ2v) is 6.43. The summed E-state index contributed by atoms with van der Waals surface area (Å²) in [5.74, 6) is 0. The third-order valence-electron chi connectivity index (χ3n) is 2.82. The lowest BCUT2D eigenvalue weighted by molar-refractivity contribution is 0.594. The van der Waals surface area contributed by atoms with Gasteiger partial charge in [0.05, 0.1) is 11.3 Å². The van der Waals surface area contributed by atoms with Crippen molar-refractivity contribution in [2.45, 2.75) is 4.90 Å². The van der Waals surface area contributed by atoms with Crippen LogP contribution in [0.3, 0.4) is 0 Å². The van der Waals surface area contributed by atoms with Crippen molar-refractivity contribution < 1.29 is 8.42 Å². The van der Waals surface area contributed by atoms with Crippen LogP contribution in [0, 0.1) is 11.3 Å². The molecule has 0 atom stereocenters. The van der Waals surface area contributed by atoms with Gasteiger partial charge in [0.1, 0.15) is 11.0 Å². The second kappa shape index (κ2) is 5.53. The van der Waals surface area contributed by atoms with E-state index in [-0.39, 0.29) is 10.5 Å². The zero-order valence-electron chi connectivity index (χ0n) is 10.6. The minimum atomic E-state index is -3.80. The molecule has 0 N–H and O–H groups in total. The quantitative estimate of drug-likeness (QED) is 0.875. The van der Waals surface area contributed by atoms with Gasteiger partial charge in [0, 0.05) is 12.1 Å². The third kappa shape index (κ3) is 2.62. The lowest BCUT2D eigenvalue weighted by Gasteiger charge is -2.20. The van der Waals surface area contributed by atoms with Gasteiger partial charge in [-0.2, -0.15) is 5.26 Å². The lowest BCUT2D eigenvalue weighted by Crippen LogP contribution is -2.27. The van der Waals surface area contributed by atoms with Crippen molar-refractivity contribution in [3.8, 4) is 6.07 Å². The van der Waals surface area contributed by atoms with Gasteiger partial charge in [-0.25, -0.2) is 8.42 Å². The van der Waals surface area contributed by atoms with E-state index in [4.69, 9.17) is 16.9 Å². The highest BCUT2D eigenvalue weighted by molar-refractivity contribution is 7.92. The third-order valence-corrected chi connectivity index (χ3v) is 4.90. The molecule has 0 amide bonds. The van der Waals surface area contributed by atoms with Gasteiger partial charge in [-0.05, 0) is 30.3 Å². The predicted octanol–water partition coefficient (Wildman–Crippen LogP) is 3.04. The van der Waals surface area contributed by atoms with E-state index in [0.717, 1.165) is 4.31 Å². The van der Waals surface area contributed by atoms with Crippen LogP contribution in [0.5, 0.6) is 0 Å². The summed E-state index contributed by atoms with van der Waals surface area (Å²) in [4.78, 5) is -0.0232. The van der Waals surface area contributed by atoms with Crippen LogP contribution in [0.4, 0.5) is 5.69 Å². The molecule has 0 aromatic heterocycles. The molecule has 0 fully saturated rings. The van der Waals surface area contributed by atoms with Crippen LogP contribution >= 0.6 is 11.6 Å². The number of benzene rings is 2. The Morgan fingerprint density at radius 1 is 1.15 bits per heavy atom. The maximum Gasteiger partial charge on any atom is 0.265 e. The Labute approximate surface area is 122 Å². The van der Waals surface area contributed by atoms with Crippen molar-refractivity contribution in [3.63, 3.8) is 0 Å². The Kier molecular flexibility index (Phi) is 3.98. The maximum absolute atomic E-state index is 12.6. The monoisotopic (exact) mass is 306 g/mol. The van der Waals surface area contributed by atoms with Crippen LogP contribution < -0.4 is 4.31 Å². The summed E-state index contributed by atoms with van der Waals surface area (Å²) >= 11 is 5.87. The number of halogens is 1. The summed E-state index contributed by atoms with van der Waals surface area (Å²) in [5, 5.41) is 9.47. The standard InChI is InChI=1S/C14H11ClN2O2S/c1-17(13-7-4-6-12(15)9-13)20(18,19)14-8-3-2-5-11(14)10-16/h2-9H,1H3. The molecule has 0 saturated heterocycles. The average molecular weight is 307 g/mol. The molecule has 2 rings (SSSR count). The van der Waals surface area contributed by atoms with Gasteiger partial charge in [0.15, 0.2) is 0 Å². The SMILES string of the molecule is CN(c1cccc(Cl)c1)S(=O)(=O)c1ccccc1C#N. The van der Waals surface area contributed by atoms with Crippen molar-refractivity contribution in [1.82, 2.24) is 0 Å². The first-order valence-corrected chi connectivity index (χ1v) is 7.52. The zero-order chi connectivity index (χ0) is 14.8. The molecule has 20 heavy (non-hydrogen) atoms. The molecule has 0 heterocycles. The van der Waals surface area contributed by atoms with E-state index in [0.29, 0.717) is 10.7 Å². The van der Waals surface area contributed by atoms with E-state index in [2.05, 4.69) is 0 Å². The van der Waals surface area contributed by atoms with Crippen molar-refractivity contribution in [1.29, 1.82) is 5.26 Å². The molecule has 2 aromatic carbocycles. The fourth-order valence-corrected chi connectivity index (χ4v) is 3.26. The summed E-state index contributed by atoms with van der Waals surface area (Å²) in [7, 11) is -2.37. The minimum absolute atomic E-state index is 0.0232. The fraction of sp³-hybridized carbons (Fsp3) is 0.0714. The van der Waals surface area contributed by atoms with Gasteiger partial charge >= 0.3 is 0 Å². The highest BCUT2D eigenvalue weighted by atomic mass is 35.5. The number of nitriles is 1. The molecule has 0 spiro atoms. The van der Waals surface area contributed by atoms with Crippen LogP contribution in [0.25, 0.3) is 0 Å². The van der Waals surface area contributed by atoms with E-state index in [9.17, 15) is 8.42 Å². The number of rotatable bonds is 3. The average Bonchev–Trinajstić information content (AvgIpc) is 2.46. The van der Waals surface area contributed by atoms with E-state index in [1.807, 2.05) is 6.07 Å². The summed E-state index contributed by atoms with van der Waals surface area (Å²) in [6.07, 6.45) is 0. The topological polar surface area (TPSA) is 61.2 Å². The van der Waals surface area contributed by atoms with Gasteiger partial charge in [0.25, 0.3) is 10.0 Å². The molecule has 102 valence electrons. The first-order valence-electron chi connectivity index (χ1n) is 5.70. The molecule has 0 aliphatic rings. The molecule has 6 heteroatoms. The summed E-state index contributed by atoms with van der Waals surface area (Å²) in [6.45, 7) is 0. The molecule has 0 radical (unpaired) electrons. The van der Waals surface area contributed by atoms with Crippen LogP contribution in [-0.4, -0.2) is 15.5 Å². The number of anilines is 1. The Balaban J connectivity index is 2.53. The highest BCUT2D eigenvalue weighted by Crippen LogP contribution is 2.25. The van der Waals surface area contributed by atoms with Gasteiger partial charge in [-0.1, -0.05) is 29.8 Å². The van der Waals surface area contributed by atoms with Crippen LogP contribution in [0.15, 0.2) is 53.4 Å². The van der Waals surface area contributed by atoms with E-state index in [1.165, 1.54) is 19.2 Å². The van der Waals surface area contributed by atoms with Crippen LogP contribution in [0.2, 0.25) is 5.02 Å². The Bertz CT molecular complexity index is 782. The largest absolute Gasteiger partial charge is 0.269 e. The molecule has 0 aliphatic carbocycles. The lowest BCUT2D eigenvalue weighted by atomic mass is 10.2. The number of hydrogen-bond acceptors (Lipinski definition) is 3. The highest BCUT2D eigenvalue weighted by Gasteiger charge is 2.24. The maximum atomic E-state index is 12.6. The summed E-state index contributed by atoms with van der Waals surface area (Å²) in [5.41, 5.74) is 0.548. The van der Waals surface area contributed by atoms with Crippen molar-refractivity contribution in [3.05, 3.63) is 59.1 Å². The van der Waals surface area contributed by atoms with E-state index >= 15 is 0 Å². The van der Waals surface area contributed by atoms with Crippen molar-refractivity contribution in [2.24, 2.45) is 0 Å². The molecule has 4 nitrogen and oxygen atoms in total. The van der Waals surface area contributed by atoms with Gasteiger partial charge in [0.2, 0.25) is 0 Å². The molecule has 2 aromatic rings. The molecular weight excluding hydrogens is 296 g/mol. The van der Waals surface area contributed by atoms with Gasteiger partial charge in [-0.3, -0.25) is 4.31 Å². The minimum Gasteiger partial charge on any atom is -0.269 e. The fourth-order valence-electron chi connectivity index (χ4n) is 1.74. The predicted molar refractivity (Wildman–Crippen MR) is 78.2 cm³/mol. The van der Waals surface area contributed by atoms with E-state index < -0.39 is 10.0 Å². The van der Waals surface area contributed by atoms with Gasteiger partial charge < -0.3 is 0 Å². The van der Waals surface area contributed by atoms with Crippen molar-refractivity contribution in [2.75, 3.05) is 11.4 Å².